The summed E-state index contributed by atoms with van der Waals surface area (Å²) in [6.45, 7) is 1.97. The van der Waals surface area contributed by atoms with E-state index in [9.17, 15) is 0 Å². The Balaban J connectivity index is 0. The van der Waals surface area contributed by atoms with E-state index in [1.165, 1.54) is 6.32 Å². The van der Waals surface area contributed by atoms with Gasteiger partial charge in [0.2, 0.25) is 0 Å². The fourth-order valence-corrected chi connectivity index (χ4v) is 0.393. The molecule has 2 nitrogen and oxygen atoms in total. The Kier molecular flexibility index (Phi) is 13.6. The van der Waals surface area contributed by atoms with E-state index in [-0.39, 0.29) is 32.7 Å². The second-order valence-corrected chi connectivity index (χ2v) is 1.75. The van der Waals surface area contributed by atoms with Crippen molar-refractivity contribution in [2.75, 3.05) is 6.61 Å². The minimum Gasteiger partial charge on any atom is -0.385 e. The standard InChI is InChI=1S/C7H11BO2.Y/c1-7(9)10-6-4-2-3-5-8;/h2-5,7,9H,6H2,1H3;/q-2;. The molecule has 0 heterocycles. The fourth-order valence-electron chi connectivity index (χ4n) is 0.393. The van der Waals surface area contributed by atoms with E-state index in [4.69, 9.17) is 17.7 Å². The van der Waals surface area contributed by atoms with Gasteiger partial charge in [-0.3, -0.25) is 6.42 Å². The fraction of sp³-hybridized carbons (Fsp3) is 0.429. The van der Waals surface area contributed by atoms with Gasteiger partial charge in [-0.05, 0) is 13.5 Å². The number of aliphatic hydroxyl groups excluding tert-OH is 1. The van der Waals surface area contributed by atoms with Crippen LogP contribution in [0.25, 0.3) is 0 Å². The molecule has 0 saturated carbocycles. The van der Waals surface area contributed by atoms with Crippen LogP contribution in [0.2, 0.25) is 0 Å². The Morgan fingerprint density at radius 3 is 2.73 bits per heavy atom. The molecule has 1 atom stereocenters. The second-order valence-electron chi connectivity index (χ2n) is 1.75. The van der Waals surface area contributed by atoms with Gasteiger partial charge in [0.1, 0.15) is 6.29 Å². The van der Waals surface area contributed by atoms with Crippen LogP contribution in [-0.2, 0) is 37.4 Å². The van der Waals surface area contributed by atoms with E-state index >= 15 is 0 Å². The van der Waals surface area contributed by atoms with E-state index in [0.717, 1.165) is 0 Å². The van der Waals surface area contributed by atoms with Crippen LogP contribution in [0.3, 0.4) is 0 Å². The first kappa shape index (κ1) is 14.1. The van der Waals surface area contributed by atoms with Crippen molar-refractivity contribution in [1.82, 2.24) is 0 Å². The number of aliphatic hydroxyl groups is 1. The Hall–Kier alpha value is 0.569. The predicted molar refractivity (Wildman–Crippen MR) is 41.1 cm³/mol. The van der Waals surface area contributed by atoms with Crippen LogP contribution in [0.1, 0.15) is 6.92 Å². The normalized spacial score (nSPS) is 12.2. The predicted octanol–water partition coefficient (Wildman–Crippen LogP) is 0.430. The van der Waals surface area contributed by atoms with Gasteiger partial charge in [-0.2, -0.15) is 0 Å². The van der Waals surface area contributed by atoms with Gasteiger partial charge in [0.25, 0.3) is 0 Å². The molecule has 0 aliphatic rings. The second kappa shape index (κ2) is 10.6. The van der Waals surface area contributed by atoms with Crippen molar-refractivity contribution in [1.29, 1.82) is 0 Å². The molecule has 0 aromatic heterocycles. The smallest absolute Gasteiger partial charge is 0.150 e. The number of rotatable bonds is 5. The molecule has 0 amide bonds. The van der Waals surface area contributed by atoms with Crippen LogP contribution in [0.15, 0.2) is 12.2 Å². The van der Waals surface area contributed by atoms with E-state index in [1.807, 2.05) is 0 Å². The van der Waals surface area contributed by atoms with Gasteiger partial charge in [0, 0.05) is 32.7 Å². The third-order valence-electron chi connectivity index (χ3n) is 0.792. The molecular weight excluding hydrogens is 216 g/mol. The van der Waals surface area contributed by atoms with Gasteiger partial charge >= 0.3 is 0 Å². The summed E-state index contributed by atoms with van der Waals surface area (Å²) in [5.74, 6) is 0. The van der Waals surface area contributed by atoms with Crippen LogP contribution < -0.4 is 0 Å². The Morgan fingerprint density at radius 1 is 1.64 bits per heavy atom. The molecule has 0 aliphatic heterocycles. The third-order valence-corrected chi connectivity index (χ3v) is 0.792. The molecule has 3 radical (unpaired) electrons. The summed E-state index contributed by atoms with van der Waals surface area (Å²) >= 11 is 0. The molecule has 0 aliphatic carbocycles. The molecule has 4 heteroatoms. The quantitative estimate of drug-likeness (QED) is 0.319. The Labute approximate surface area is 94.7 Å². The summed E-state index contributed by atoms with van der Waals surface area (Å²) in [7, 11) is 5.05. The molecule has 0 aromatic rings. The summed E-state index contributed by atoms with van der Waals surface area (Å²) in [5, 5.41) is 8.61. The van der Waals surface area contributed by atoms with Crippen molar-refractivity contribution in [3.8, 4) is 0 Å². The number of allylic oxidation sites excluding steroid dienone is 1. The monoisotopic (exact) mass is 227 g/mol. The number of ether oxygens (including phenoxy) is 1. The first-order valence-electron chi connectivity index (χ1n) is 3.10. The molecule has 0 spiro atoms. The summed E-state index contributed by atoms with van der Waals surface area (Å²) in [6, 6.07) is 0. The summed E-state index contributed by atoms with van der Waals surface area (Å²) in [6.07, 6.45) is 5.93. The van der Waals surface area contributed by atoms with Crippen molar-refractivity contribution in [2.24, 2.45) is 0 Å². The maximum absolute atomic E-state index is 8.61. The molecule has 11 heavy (non-hydrogen) atoms. The SMILES string of the molecule is [B][CH-]C=C[CH-]COC(C)O.[Y]. The molecule has 0 saturated heterocycles. The molecule has 0 rings (SSSR count). The van der Waals surface area contributed by atoms with E-state index in [0.29, 0.717) is 6.61 Å². The van der Waals surface area contributed by atoms with E-state index < -0.39 is 6.29 Å². The topological polar surface area (TPSA) is 29.5 Å². The van der Waals surface area contributed by atoms with Crippen LogP contribution in [-0.4, -0.2) is 25.8 Å². The summed E-state index contributed by atoms with van der Waals surface area (Å²) in [5.41, 5.74) is 0. The molecular formula is C7H11BO2Y-2. The number of hydrogen-bond acceptors (Lipinski definition) is 2. The first-order valence-corrected chi connectivity index (χ1v) is 3.10. The third kappa shape index (κ3) is 13.5. The van der Waals surface area contributed by atoms with Gasteiger partial charge in [-0.25, -0.2) is 0 Å². The molecule has 1 unspecified atom stereocenters. The van der Waals surface area contributed by atoms with Crippen molar-refractivity contribution < 1.29 is 42.6 Å². The van der Waals surface area contributed by atoms with Crippen molar-refractivity contribution in [3.63, 3.8) is 0 Å². The van der Waals surface area contributed by atoms with Gasteiger partial charge in [-0.1, -0.05) is 7.85 Å². The van der Waals surface area contributed by atoms with Crippen molar-refractivity contribution in [3.05, 3.63) is 24.9 Å². The maximum Gasteiger partial charge on any atom is 0.150 e. The average Bonchev–Trinajstić information content (AvgIpc) is 1.87. The molecule has 0 aromatic carbocycles. The molecule has 0 fully saturated rings. The zero-order valence-electron chi connectivity index (χ0n) is 6.60. The van der Waals surface area contributed by atoms with Crippen LogP contribution in [0, 0.1) is 12.7 Å². The zero-order chi connectivity index (χ0) is 7.82. The number of hydrogen-bond donors (Lipinski definition) is 1. The summed E-state index contributed by atoms with van der Waals surface area (Å²) < 4.78 is 4.78. The maximum atomic E-state index is 8.61. The summed E-state index contributed by atoms with van der Waals surface area (Å²) in [4.78, 5) is 0. The average molecular weight is 227 g/mol. The molecule has 1 N–H and O–H groups in total. The minimum absolute atomic E-state index is 0. The van der Waals surface area contributed by atoms with Crippen LogP contribution >= 0.6 is 0 Å². The first-order chi connectivity index (χ1) is 4.77. The Morgan fingerprint density at radius 2 is 2.27 bits per heavy atom. The van der Waals surface area contributed by atoms with Crippen molar-refractivity contribution >= 4 is 7.85 Å². The van der Waals surface area contributed by atoms with E-state index in [2.05, 4.69) is 0 Å². The van der Waals surface area contributed by atoms with Gasteiger partial charge in [0.15, 0.2) is 0 Å². The zero-order valence-corrected chi connectivity index (χ0v) is 9.44. The van der Waals surface area contributed by atoms with E-state index in [1.54, 1.807) is 25.5 Å². The minimum atomic E-state index is -0.702. The van der Waals surface area contributed by atoms with Gasteiger partial charge in [0.05, 0.1) is 0 Å². The van der Waals surface area contributed by atoms with Crippen LogP contribution in [0.4, 0.5) is 0 Å². The largest absolute Gasteiger partial charge is 0.385 e. The Bertz CT molecular complexity index is 96.4. The van der Waals surface area contributed by atoms with Gasteiger partial charge < -0.3 is 28.3 Å². The molecule has 59 valence electrons. The van der Waals surface area contributed by atoms with Gasteiger partial charge in [-0.15, -0.1) is 0 Å². The molecule has 0 bridgehead atoms. The van der Waals surface area contributed by atoms with Crippen molar-refractivity contribution in [2.45, 2.75) is 13.2 Å². The van der Waals surface area contributed by atoms with Crippen LogP contribution in [0.5, 0.6) is 0 Å².